The molecule has 0 aliphatic carbocycles. The Morgan fingerprint density at radius 1 is 0.795 bits per heavy atom. The van der Waals surface area contributed by atoms with E-state index >= 15 is 0 Å². The zero-order chi connectivity index (χ0) is 30.5. The molecule has 1 radical (unpaired) electrons. The number of benzene rings is 4. The quantitative estimate of drug-likeness (QED) is 0.172. The van der Waals surface area contributed by atoms with Crippen molar-refractivity contribution in [1.82, 2.24) is 4.98 Å². The molecule has 0 bridgehead atoms. The standard InChI is InChI=1S/C26H24N.C12H5F2N2.Ir/c1-17-10-8-11-18(2)23(17)22-16-27-26(21-14-6-5-7-15-21)25(22)24-19(3)12-9-13-20(24)4;13-10-5-4-8(12(14)9(10)7-15)11-3-1-2-6-16-11;/h5-14,16,25H,1-4H3;1-3,5-6H;/q2*-1;. The summed E-state index contributed by atoms with van der Waals surface area (Å²) >= 11 is 0. The minimum Gasteiger partial charge on any atom is -0.308 e. The van der Waals surface area contributed by atoms with Crippen LogP contribution in [-0.2, 0) is 20.1 Å². The van der Waals surface area contributed by atoms with E-state index in [-0.39, 0.29) is 31.6 Å². The topological polar surface area (TPSA) is 49.0 Å². The molecule has 221 valence electrons. The van der Waals surface area contributed by atoms with Crippen LogP contribution in [0.4, 0.5) is 8.78 Å². The second-order valence-electron chi connectivity index (χ2n) is 10.4. The number of rotatable bonds is 4. The van der Waals surface area contributed by atoms with Crippen LogP contribution in [0.1, 0.15) is 50.4 Å². The van der Waals surface area contributed by atoms with E-state index in [0.717, 1.165) is 17.3 Å². The van der Waals surface area contributed by atoms with Crippen molar-refractivity contribution in [2.45, 2.75) is 33.6 Å². The van der Waals surface area contributed by atoms with Gasteiger partial charge in [-0.1, -0.05) is 54.1 Å². The van der Waals surface area contributed by atoms with Crippen molar-refractivity contribution in [2.24, 2.45) is 4.99 Å². The van der Waals surface area contributed by atoms with Gasteiger partial charge in [-0.25, -0.2) is 0 Å². The first-order chi connectivity index (χ1) is 20.8. The molecule has 0 N–H and O–H groups in total. The molecule has 2 heterocycles. The molecular formula is C38H29F2IrN3-2. The zero-order valence-corrected chi connectivity index (χ0v) is 27.1. The summed E-state index contributed by atoms with van der Waals surface area (Å²) in [6.07, 6.45) is 3.56. The Labute approximate surface area is 271 Å². The van der Waals surface area contributed by atoms with Crippen LogP contribution in [0.15, 0.2) is 102 Å². The number of nitriles is 1. The summed E-state index contributed by atoms with van der Waals surface area (Å²) in [6, 6.07) is 34.3. The van der Waals surface area contributed by atoms with Crippen LogP contribution in [0, 0.1) is 62.8 Å². The Kier molecular flexibility index (Phi) is 10.5. The minimum atomic E-state index is -0.929. The van der Waals surface area contributed by atoms with Crippen molar-refractivity contribution in [1.29, 1.82) is 5.26 Å². The predicted octanol–water partition coefficient (Wildman–Crippen LogP) is 9.04. The maximum Gasteiger partial charge on any atom is 0.0848 e. The first-order valence-electron chi connectivity index (χ1n) is 13.9. The van der Waals surface area contributed by atoms with Crippen LogP contribution < -0.4 is 0 Å². The Morgan fingerprint density at radius 2 is 1.45 bits per heavy atom. The monoisotopic (exact) mass is 758 g/mol. The van der Waals surface area contributed by atoms with Crippen LogP contribution in [0.25, 0.3) is 16.8 Å². The Bertz CT molecular complexity index is 1850. The van der Waals surface area contributed by atoms with Crippen LogP contribution in [0.5, 0.6) is 0 Å². The summed E-state index contributed by atoms with van der Waals surface area (Å²) < 4.78 is 26.7. The van der Waals surface area contributed by atoms with E-state index in [4.69, 9.17) is 10.3 Å². The number of hydrogen-bond acceptors (Lipinski definition) is 3. The van der Waals surface area contributed by atoms with Gasteiger partial charge in [0, 0.05) is 44.0 Å². The van der Waals surface area contributed by atoms with Gasteiger partial charge in [-0.3, -0.25) is 8.78 Å². The van der Waals surface area contributed by atoms with Crippen LogP contribution in [-0.4, -0.2) is 10.7 Å². The van der Waals surface area contributed by atoms with Gasteiger partial charge in [-0.2, -0.15) is 5.26 Å². The maximum atomic E-state index is 13.7. The number of hydrogen-bond donors (Lipinski definition) is 0. The van der Waals surface area contributed by atoms with Gasteiger partial charge in [-0.05, 0) is 84.1 Å². The van der Waals surface area contributed by atoms with Crippen molar-refractivity contribution < 1.29 is 28.9 Å². The van der Waals surface area contributed by atoms with Gasteiger partial charge in [0.2, 0.25) is 0 Å². The van der Waals surface area contributed by atoms with Crippen molar-refractivity contribution >= 4 is 11.3 Å². The third-order valence-electron chi connectivity index (χ3n) is 7.57. The molecule has 0 saturated heterocycles. The summed E-state index contributed by atoms with van der Waals surface area (Å²) in [6.45, 7) is 8.79. The number of nitrogens with zero attached hydrogens (tertiary/aromatic N) is 3. The average molecular weight is 758 g/mol. The minimum absolute atomic E-state index is 0. The summed E-state index contributed by atoms with van der Waals surface area (Å²) in [5.41, 5.74) is 11.0. The van der Waals surface area contributed by atoms with Gasteiger partial charge < -0.3 is 9.98 Å². The largest absolute Gasteiger partial charge is 0.308 e. The molecule has 0 fully saturated rings. The summed E-state index contributed by atoms with van der Waals surface area (Å²) in [7, 11) is 0. The first kappa shape index (κ1) is 32.4. The Balaban J connectivity index is 0.000000223. The van der Waals surface area contributed by atoms with E-state index in [9.17, 15) is 8.78 Å². The fraction of sp³-hybridized carbons (Fsp3) is 0.132. The Hall–Kier alpha value is -4.56. The Morgan fingerprint density at radius 3 is 2.05 bits per heavy atom. The molecule has 6 rings (SSSR count). The third kappa shape index (κ3) is 6.50. The van der Waals surface area contributed by atoms with E-state index in [1.165, 1.54) is 51.2 Å². The third-order valence-corrected chi connectivity index (χ3v) is 7.57. The normalized spacial score (nSPS) is 13.5. The summed E-state index contributed by atoms with van der Waals surface area (Å²) in [4.78, 5) is 8.82. The molecule has 1 atom stereocenters. The summed E-state index contributed by atoms with van der Waals surface area (Å²) in [5, 5.41) is 8.61. The molecule has 6 heteroatoms. The smallest absolute Gasteiger partial charge is 0.0848 e. The van der Waals surface area contributed by atoms with Gasteiger partial charge in [0.25, 0.3) is 0 Å². The average Bonchev–Trinajstić information content (AvgIpc) is 3.42. The molecule has 1 aromatic heterocycles. The second-order valence-corrected chi connectivity index (χ2v) is 10.4. The fourth-order valence-electron chi connectivity index (χ4n) is 5.57. The molecule has 5 aromatic rings. The number of allylic oxidation sites excluding steroid dienone is 1. The van der Waals surface area contributed by atoms with Crippen LogP contribution in [0.3, 0.4) is 0 Å². The van der Waals surface area contributed by atoms with E-state index < -0.39 is 17.2 Å². The number of aromatic nitrogens is 1. The predicted molar refractivity (Wildman–Crippen MR) is 168 cm³/mol. The van der Waals surface area contributed by atoms with Gasteiger partial charge in [0.05, 0.1) is 17.7 Å². The molecule has 0 spiro atoms. The number of aryl methyl sites for hydroxylation is 4. The number of halogens is 2. The summed E-state index contributed by atoms with van der Waals surface area (Å²) in [5.74, 6) is -1.72. The number of pyridine rings is 1. The van der Waals surface area contributed by atoms with Crippen molar-refractivity contribution in [3.63, 3.8) is 0 Å². The number of aliphatic imine (C=N–C) groups is 1. The molecule has 1 unspecified atom stereocenters. The fourth-order valence-corrected chi connectivity index (χ4v) is 5.57. The van der Waals surface area contributed by atoms with Gasteiger partial charge in [0.1, 0.15) is 0 Å². The van der Waals surface area contributed by atoms with Crippen molar-refractivity contribution in [3.8, 4) is 17.3 Å². The molecule has 0 amide bonds. The van der Waals surface area contributed by atoms with E-state index in [0.29, 0.717) is 5.69 Å². The molecule has 0 saturated carbocycles. The van der Waals surface area contributed by atoms with Crippen LogP contribution >= 0.6 is 0 Å². The van der Waals surface area contributed by atoms with E-state index in [1.807, 2.05) is 12.1 Å². The molecule has 1 aliphatic heterocycles. The van der Waals surface area contributed by atoms with E-state index in [1.54, 1.807) is 18.2 Å². The maximum absolute atomic E-state index is 13.7. The molecule has 3 nitrogen and oxygen atoms in total. The van der Waals surface area contributed by atoms with Crippen LogP contribution in [0.2, 0.25) is 0 Å². The molecule has 44 heavy (non-hydrogen) atoms. The molecular weight excluding hydrogens is 729 g/mol. The first-order valence-corrected chi connectivity index (χ1v) is 13.9. The molecule has 1 aliphatic rings. The van der Waals surface area contributed by atoms with Gasteiger partial charge >= 0.3 is 0 Å². The van der Waals surface area contributed by atoms with Gasteiger partial charge in [0.15, 0.2) is 0 Å². The second kappa shape index (κ2) is 14.3. The van der Waals surface area contributed by atoms with Crippen molar-refractivity contribution in [2.75, 3.05) is 0 Å². The van der Waals surface area contributed by atoms with E-state index in [2.05, 4.69) is 99.5 Å². The van der Waals surface area contributed by atoms with Gasteiger partial charge in [-0.15, -0.1) is 48.0 Å². The SMILES string of the molecule is Cc1cccc(C)c1C1=CN=C(c2[c-]cccc2)C1c1c(C)cccc1C.N#Cc1c(F)c[c-]c(-c2ccccn2)c1F.[Ir]. The molecule has 4 aromatic carbocycles. The van der Waals surface area contributed by atoms with Crippen molar-refractivity contribution in [3.05, 3.63) is 166 Å². The zero-order valence-electron chi connectivity index (χ0n) is 24.7.